The number of carbonyl (C=O) groups is 1. The smallest absolute Gasteiger partial charge is 0.270 e. The van der Waals surface area contributed by atoms with Gasteiger partial charge in [-0.2, -0.15) is 0 Å². The molecule has 1 aliphatic rings. The van der Waals surface area contributed by atoms with Crippen molar-refractivity contribution in [1.82, 2.24) is 0 Å². The molecule has 3 rings (SSSR count). The largest absolute Gasteiger partial charge is 0.490 e. The quantitative estimate of drug-likeness (QED) is 0.329. The number of anilines is 1. The zero-order valence-electron chi connectivity index (χ0n) is 16.5. The highest BCUT2D eigenvalue weighted by Gasteiger charge is 2.33. The summed E-state index contributed by atoms with van der Waals surface area (Å²) in [7, 11) is 0. The second-order valence-corrected chi connectivity index (χ2v) is 8.98. The summed E-state index contributed by atoms with van der Waals surface area (Å²) in [4.78, 5) is 15.1. The van der Waals surface area contributed by atoms with Crippen LogP contribution in [0.3, 0.4) is 0 Å². The van der Waals surface area contributed by atoms with Crippen LogP contribution in [0.15, 0.2) is 51.8 Å². The molecule has 152 valence electrons. The van der Waals surface area contributed by atoms with Gasteiger partial charge in [-0.3, -0.25) is 9.69 Å². The fraction of sp³-hybridized carbons (Fsp3) is 0.273. The number of carbonyl (C=O) groups excluding carboxylic acids is 1. The van der Waals surface area contributed by atoms with Crippen LogP contribution in [0.2, 0.25) is 0 Å². The van der Waals surface area contributed by atoms with Crippen LogP contribution in [0.5, 0.6) is 11.5 Å². The molecule has 1 fully saturated rings. The molecule has 29 heavy (non-hydrogen) atoms. The Morgan fingerprint density at radius 1 is 1.24 bits per heavy atom. The van der Waals surface area contributed by atoms with Gasteiger partial charge in [-0.25, -0.2) is 0 Å². The molecule has 1 saturated heterocycles. The van der Waals surface area contributed by atoms with E-state index in [2.05, 4.69) is 22.9 Å². The Labute approximate surface area is 189 Å². The van der Waals surface area contributed by atoms with E-state index < -0.39 is 0 Å². The van der Waals surface area contributed by atoms with Crippen LogP contribution in [0.25, 0.3) is 6.08 Å². The molecule has 0 spiro atoms. The van der Waals surface area contributed by atoms with Crippen molar-refractivity contribution in [2.24, 2.45) is 0 Å². The zero-order valence-corrected chi connectivity index (χ0v) is 19.7. The number of halogens is 1. The first-order valence-corrected chi connectivity index (χ1v) is 11.4. The van der Waals surface area contributed by atoms with Crippen LogP contribution >= 0.6 is 39.9 Å². The van der Waals surface area contributed by atoms with Crippen molar-refractivity contribution in [3.05, 3.63) is 57.4 Å². The van der Waals surface area contributed by atoms with E-state index in [9.17, 15) is 4.79 Å². The van der Waals surface area contributed by atoms with Gasteiger partial charge in [-0.05, 0) is 72.1 Å². The molecule has 0 unspecified atom stereocenters. The molecule has 0 N–H and O–H groups in total. The van der Waals surface area contributed by atoms with Gasteiger partial charge in [-0.1, -0.05) is 49.1 Å². The third-order valence-electron chi connectivity index (χ3n) is 4.33. The Kier molecular flexibility index (Phi) is 7.38. The average Bonchev–Trinajstić information content (AvgIpc) is 2.98. The lowest BCUT2D eigenvalue weighted by molar-refractivity contribution is -0.113. The average molecular weight is 492 g/mol. The van der Waals surface area contributed by atoms with Crippen LogP contribution in [-0.2, 0) is 4.79 Å². The summed E-state index contributed by atoms with van der Waals surface area (Å²) in [5.74, 6) is 1.20. The molecule has 1 atom stereocenters. The van der Waals surface area contributed by atoms with Crippen LogP contribution < -0.4 is 14.4 Å². The van der Waals surface area contributed by atoms with Gasteiger partial charge < -0.3 is 9.47 Å². The topological polar surface area (TPSA) is 38.8 Å². The van der Waals surface area contributed by atoms with Crippen molar-refractivity contribution in [3.8, 4) is 11.5 Å². The molecule has 7 heteroatoms. The van der Waals surface area contributed by atoms with E-state index in [1.807, 2.05) is 62.4 Å². The maximum Gasteiger partial charge on any atom is 0.270 e. The molecule has 0 aromatic heterocycles. The SMILES string of the molecule is CCOc1cc(/C=C2/SC(=S)N(c3ccccc3)C2=O)cc(Br)c1O[C@H](C)CC. The van der Waals surface area contributed by atoms with Gasteiger partial charge in [-0.15, -0.1) is 0 Å². The van der Waals surface area contributed by atoms with Crippen LogP contribution in [0, 0.1) is 0 Å². The number of hydrogen-bond donors (Lipinski definition) is 0. The summed E-state index contributed by atoms with van der Waals surface area (Å²) in [6.45, 7) is 6.54. The number of para-hydroxylation sites is 1. The Bertz CT molecular complexity index is 947. The summed E-state index contributed by atoms with van der Waals surface area (Å²) < 4.78 is 13.1. The van der Waals surface area contributed by atoms with Gasteiger partial charge >= 0.3 is 0 Å². The molecule has 1 amide bonds. The molecule has 2 aromatic carbocycles. The fourth-order valence-corrected chi connectivity index (χ4v) is 4.60. The van der Waals surface area contributed by atoms with Crippen molar-refractivity contribution in [1.29, 1.82) is 0 Å². The van der Waals surface area contributed by atoms with E-state index in [4.69, 9.17) is 21.7 Å². The van der Waals surface area contributed by atoms with Crippen molar-refractivity contribution < 1.29 is 14.3 Å². The van der Waals surface area contributed by atoms with Crippen LogP contribution in [0.4, 0.5) is 5.69 Å². The lowest BCUT2D eigenvalue weighted by Crippen LogP contribution is -2.27. The van der Waals surface area contributed by atoms with Gasteiger partial charge in [0.2, 0.25) is 0 Å². The van der Waals surface area contributed by atoms with Crippen LogP contribution in [-0.4, -0.2) is 22.9 Å². The monoisotopic (exact) mass is 491 g/mol. The predicted molar refractivity (Wildman–Crippen MR) is 128 cm³/mol. The normalized spacial score (nSPS) is 16.4. The molecule has 0 aliphatic carbocycles. The fourth-order valence-electron chi connectivity index (χ4n) is 2.75. The van der Waals surface area contributed by atoms with Crippen molar-refractivity contribution >= 4 is 61.9 Å². The van der Waals surface area contributed by atoms with E-state index in [1.54, 1.807) is 4.90 Å². The summed E-state index contributed by atoms with van der Waals surface area (Å²) in [5, 5.41) is 0. The molecule has 1 heterocycles. The second kappa shape index (κ2) is 9.78. The Morgan fingerprint density at radius 2 is 1.97 bits per heavy atom. The maximum atomic E-state index is 12.9. The van der Waals surface area contributed by atoms with Crippen molar-refractivity contribution in [3.63, 3.8) is 0 Å². The maximum absolute atomic E-state index is 12.9. The lowest BCUT2D eigenvalue weighted by atomic mass is 10.1. The number of thioether (sulfide) groups is 1. The molecular weight excluding hydrogens is 470 g/mol. The minimum absolute atomic E-state index is 0.0680. The Morgan fingerprint density at radius 3 is 2.62 bits per heavy atom. The van der Waals surface area contributed by atoms with E-state index in [1.165, 1.54) is 11.8 Å². The number of rotatable bonds is 7. The highest BCUT2D eigenvalue weighted by atomic mass is 79.9. The van der Waals surface area contributed by atoms with Crippen LogP contribution in [0.1, 0.15) is 32.8 Å². The Hall–Kier alpha value is -1.83. The summed E-state index contributed by atoms with van der Waals surface area (Å²) in [6.07, 6.45) is 2.79. The molecule has 4 nitrogen and oxygen atoms in total. The standard InChI is InChI=1S/C22H22BrNO3S2/c1-4-14(3)27-20-17(23)11-15(12-18(20)26-5-2)13-19-21(25)24(22(28)29-19)16-9-7-6-8-10-16/h6-14H,4-5H2,1-3H3/b19-13+/t14-/m1/s1. The molecule has 0 saturated carbocycles. The molecule has 0 radical (unpaired) electrons. The zero-order chi connectivity index (χ0) is 21.0. The lowest BCUT2D eigenvalue weighted by Gasteiger charge is -2.18. The second-order valence-electron chi connectivity index (χ2n) is 6.45. The first-order chi connectivity index (χ1) is 13.9. The van der Waals surface area contributed by atoms with Crippen molar-refractivity contribution in [2.75, 3.05) is 11.5 Å². The van der Waals surface area contributed by atoms with E-state index in [-0.39, 0.29) is 12.0 Å². The van der Waals surface area contributed by atoms with Gasteiger partial charge in [0.05, 0.1) is 27.8 Å². The van der Waals surface area contributed by atoms with E-state index >= 15 is 0 Å². The molecule has 1 aliphatic heterocycles. The predicted octanol–water partition coefficient (Wildman–Crippen LogP) is 6.43. The number of amides is 1. The summed E-state index contributed by atoms with van der Waals surface area (Å²) >= 11 is 10.3. The van der Waals surface area contributed by atoms with E-state index in [0.29, 0.717) is 27.3 Å². The molecule has 2 aromatic rings. The third-order valence-corrected chi connectivity index (χ3v) is 6.22. The van der Waals surface area contributed by atoms with Gasteiger partial charge in [0.1, 0.15) is 0 Å². The number of nitrogens with zero attached hydrogens (tertiary/aromatic N) is 1. The van der Waals surface area contributed by atoms with Gasteiger partial charge in [0.15, 0.2) is 15.8 Å². The number of hydrogen-bond acceptors (Lipinski definition) is 5. The number of thiocarbonyl (C=S) groups is 1. The third kappa shape index (κ3) is 5.02. The highest BCUT2D eigenvalue weighted by molar-refractivity contribution is 9.10. The number of ether oxygens (including phenoxy) is 2. The molecular formula is C22H22BrNO3S2. The van der Waals surface area contributed by atoms with Gasteiger partial charge in [0, 0.05) is 0 Å². The highest BCUT2D eigenvalue weighted by Crippen LogP contribution is 2.40. The number of benzene rings is 2. The van der Waals surface area contributed by atoms with Gasteiger partial charge in [0.25, 0.3) is 5.91 Å². The minimum atomic E-state index is -0.125. The Balaban J connectivity index is 1.94. The van der Waals surface area contributed by atoms with Crippen molar-refractivity contribution in [2.45, 2.75) is 33.3 Å². The summed E-state index contributed by atoms with van der Waals surface area (Å²) in [6, 6.07) is 13.2. The summed E-state index contributed by atoms with van der Waals surface area (Å²) in [5.41, 5.74) is 1.61. The first kappa shape index (κ1) is 21.9. The molecule has 0 bridgehead atoms. The minimum Gasteiger partial charge on any atom is -0.490 e. The van der Waals surface area contributed by atoms with E-state index in [0.717, 1.165) is 22.1 Å². The first-order valence-electron chi connectivity index (χ1n) is 9.40.